The molecule has 0 aliphatic heterocycles. The number of carbonyl (C=O) groups excluding carboxylic acids is 2. The van der Waals surface area contributed by atoms with Crippen LogP contribution in [-0.4, -0.2) is 58.0 Å². The predicted octanol–water partition coefficient (Wildman–Crippen LogP) is 5.07. The van der Waals surface area contributed by atoms with Crippen LogP contribution in [0, 0.1) is 6.92 Å². The number of anilines is 1. The van der Waals surface area contributed by atoms with Gasteiger partial charge in [0.05, 0.1) is 24.8 Å². The average Bonchev–Trinajstić information content (AvgIpc) is 3.02. The summed E-state index contributed by atoms with van der Waals surface area (Å²) in [7, 11) is -1.19. The Morgan fingerprint density at radius 2 is 1.63 bits per heavy atom. The van der Waals surface area contributed by atoms with Crippen molar-refractivity contribution in [3.05, 3.63) is 83.9 Å². The third-order valence-electron chi connectivity index (χ3n) is 7.85. The summed E-state index contributed by atoms with van der Waals surface area (Å²) in [5.74, 6) is 0.110. The largest absolute Gasteiger partial charge is 0.497 e. The Morgan fingerprint density at radius 3 is 2.30 bits per heavy atom. The molecule has 0 aromatic heterocycles. The van der Waals surface area contributed by atoms with Crippen molar-refractivity contribution in [2.24, 2.45) is 0 Å². The summed E-state index contributed by atoms with van der Waals surface area (Å²) in [6.45, 7) is 3.09. The van der Waals surface area contributed by atoms with Gasteiger partial charge in [-0.3, -0.25) is 13.9 Å². The number of sulfonamides is 1. The average molecular weight is 608 g/mol. The van der Waals surface area contributed by atoms with E-state index in [1.54, 1.807) is 62.6 Å². The molecular formula is C33H41N3O6S. The van der Waals surface area contributed by atoms with Gasteiger partial charge in [-0.2, -0.15) is 0 Å². The number of nitrogens with zero attached hydrogens (tertiary/aromatic N) is 2. The Balaban J connectivity index is 1.71. The van der Waals surface area contributed by atoms with E-state index < -0.39 is 28.5 Å². The Morgan fingerprint density at radius 1 is 0.930 bits per heavy atom. The number of para-hydroxylation sites is 2. The Kier molecular flexibility index (Phi) is 10.7. The molecule has 2 amide bonds. The minimum absolute atomic E-state index is 0.0410. The molecule has 3 aromatic carbocycles. The molecule has 0 radical (unpaired) electrons. The highest BCUT2D eigenvalue weighted by molar-refractivity contribution is 7.92. The van der Waals surface area contributed by atoms with Crippen molar-refractivity contribution >= 4 is 27.5 Å². The Hall–Kier alpha value is -4.05. The standard InChI is InChI=1S/C33H41N3O6S/c1-24-17-19-29(20-18-24)43(39,40)36(30-15-8-9-16-31(30)42-4)23-32(37)35(22-26-11-10-14-28(21-26)41-3)25(2)33(38)34-27-12-6-5-7-13-27/h8-11,14-21,25,27H,5-7,12-13,22-23H2,1-4H3,(H,34,38)/t25-/m0/s1. The van der Waals surface area contributed by atoms with Crippen LogP contribution < -0.4 is 19.1 Å². The number of rotatable bonds is 12. The number of ether oxygens (including phenoxy) is 2. The molecule has 0 bridgehead atoms. The normalized spacial score (nSPS) is 14.4. The van der Waals surface area contributed by atoms with Crippen molar-refractivity contribution in [1.29, 1.82) is 0 Å². The highest BCUT2D eigenvalue weighted by atomic mass is 32.2. The summed E-state index contributed by atoms with van der Waals surface area (Å²) in [6.07, 6.45) is 5.06. The van der Waals surface area contributed by atoms with Gasteiger partial charge in [-0.05, 0) is 68.7 Å². The lowest BCUT2D eigenvalue weighted by Crippen LogP contribution is -2.53. The number of carbonyl (C=O) groups is 2. The molecule has 1 fully saturated rings. The fourth-order valence-corrected chi connectivity index (χ4v) is 6.73. The molecule has 1 N–H and O–H groups in total. The summed E-state index contributed by atoms with van der Waals surface area (Å²) in [5.41, 5.74) is 1.87. The predicted molar refractivity (Wildman–Crippen MR) is 167 cm³/mol. The quantitative estimate of drug-likeness (QED) is 0.308. The van der Waals surface area contributed by atoms with Crippen molar-refractivity contribution in [3.8, 4) is 11.5 Å². The highest BCUT2D eigenvalue weighted by Crippen LogP contribution is 2.32. The van der Waals surface area contributed by atoms with Gasteiger partial charge in [-0.25, -0.2) is 8.42 Å². The summed E-state index contributed by atoms with van der Waals surface area (Å²) < 4.78 is 40.1. The number of amides is 2. The van der Waals surface area contributed by atoms with E-state index in [0.29, 0.717) is 11.5 Å². The molecule has 9 nitrogen and oxygen atoms in total. The minimum atomic E-state index is -4.20. The number of benzene rings is 3. The molecule has 0 spiro atoms. The number of hydrogen-bond acceptors (Lipinski definition) is 6. The van der Waals surface area contributed by atoms with Gasteiger partial charge in [0.1, 0.15) is 24.1 Å². The van der Waals surface area contributed by atoms with Gasteiger partial charge < -0.3 is 19.7 Å². The third-order valence-corrected chi connectivity index (χ3v) is 9.62. The number of methoxy groups -OCH3 is 2. The van der Waals surface area contributed by atoms with Crippen LogP contribution in [0.5, 0.6) is 11.5 Å². The van der Waals surface area contributed by atoms with E-state index in [0.717, 1.165) is 47.5 Å². The van der Waals surface area contributed by atoms with Crippen LogP contribution in [-0.2, 0) is 26.2 Å². The Bertz CT molecular complexity index is 1500. The summed E-state index contributed by atoms with van der Waals surface area (Å²) in [5, 5.41) is 3.12. The summed E-state index contributed by atoms with van der Waals surface area (Å²) >= 11 is 0. The zero-order chi connectivity index (χ0) is 31.0. The number of hydrogen-bond donors (Lipinski definition) is 1. The van der Waals surface area contributed by atoms with Crippen LogP contribution in [0.15, 0.2) is 77.7 Å². The van der Waals surface area contributed by atoms with Crippen LogP contribution in [0.3, 0.4) is 0 Å². The van der Waals surface area contributed by atoms with Crippen LogP contribution in [0.4, 0.5) is 5.69 Å². The maximum Gasteiger partial charge on any atom is 0.264 e. The second-order valence-corrected chi connectivity index (χ2v) is 12.8. The van der Waals surface area contributed by atoms with Crippen molar-refractivity contribution in [2.75, 3.05) is 25.1 Å². The number of aryl methyl sites for hydroxylation is 1. The van der Waals surface area contributed by atoms with Crippen LogP contribution >= 0.6 is 0 Å². The third kappa shape index (κ3) is 7.87. The van der Waals surface area contributed by atoms with E-state index in [-0.39, 0.29) is 29.1 Å². The van der Waals surface area contributed by atoms with E-state index in [9.17, 15) is 18.0 Å². The minimum Gasteiger partial charge on any atom is -0.497 e. The van der Waals surface area contributed by atoms with Gasteiger partial charge in [0.25, 0.3) is 10.0 Å². The molecule has 0 unspecified atom stereocenters. The van der Waals surface area contributed by atoms with Crippen molar-refractivity contribution in [1.82, 2.24) is 10.2 Å². The van der Waals surface area contributed by atoms with Crippen LogP contribution in [0.1, 0.15) is 50.2 Å². The molecule has 0 saturated heterocycles. The second kappa shape index (κ2) is 14.4. The first-order valence-electron chi connectivity index (χ1n) is 14.6. The molecule has 1 atom stereocenters. The van der Waals surface area contributed by atoms with E-state index in [2.05, 4.69) is 5.32 Å². The molecule has 1 saturated carbocycles. The molecule has 10 heteroatoms. The van der Waals surface area contributed by atoms with Gasteiger partial charge in [0.15, 0.2) is 0 Å². The Labute approximate surface area is 254 Å². The molecule has 230 valence electrons. The molecular weight excluding hydrogens is 566 g/mol. The molecule has 1 aliphatic carbocycles. The van der Waals surface area contributed by atoms with E-state index in [1.165, 1.54) is 24.1 Å². The van der Waals surface area contributed by atoms with E-state index in [4.69, 9.17) is 9.47 Å². The fraction of sp³-hybridized carbons (Fsp3) is 0.394. The zero-order valence-corrected chi connectivity index (χ0v) is 26.1. The molecule has 43 heavy (non-hydrogen) atoms. The first kappa shape index (κ1) is 31.9. The lowest BCUT2D eigenvalue weighted by Gasteiger charge is -2.33. The lowest BCUT2D eigenvalue weighted by atomic mass is 9.95. The molecule has 0 heterocycles. The van der Waals surface area contributed by atoms with Gasteiger partial charge in [0.2, 0.25) is 11.8 Å². The van der Waals surface area contributed by atoms with Crippen LogP contribution in [0.25, 0.3) is 0 Å². The van der Waals surface area contributed by atoms with Gasteiger partial charge >= 0.3 is 0 Å². The smallest absolute Gasteiger partial charge is 0.264 e. The van der Waals surface area contributed by atoms with Crippen molar-refractivity contribution in [2.45, 2.75) is 69.5 Å². The zero-order valence-electron chi connectivity index (χ0n) is 25.3. The maximum absolute atomic E-state index is 14.2. The summed E-state index contributed by atoms with van der Waals surface area (Å²) in [6, 6.07) is 19.6. The summed E-state index contributed by atoms with van der Waals surface area (Å²) in [4.78, 5) is 29.2. The monoisotopic (exact) mass is 607 g/mol. The first-order valence-corrected chi connectivity index (χ1v) is 16.0. The van der Waals surface area contributed by atoms with Crippen molar-refractivity contribution in [3.63, 3.8) is 0 Å². The second-order valence-electron chi connectivity index (χ2n) is 10.9. The first-order chi connectivity index (χ1) is 20.6. The van der Waals surface area contributed by atoms with Gasteiger partial charge in [-0.15, -0.1) is 0 Å². The molecule has 1 aliphatic rings. The lowest BCUT2D eigenvalue weighted by molar-refractivity contribution is -0.139. The maximum atomic E-state index is 14.2. The van der Waals surface area contributed by atoms with E-state index in [1.807, 2.05) is 19.1 Å². The fourth-order valence-electron chi connectivity index (χ4n) is 5.31. The van der Waals surface area contributed by atoms with Crippen molar-refractivity contribution < 1.29 is 27.5 Å². The topological polar surface area (TPSA) is 105 Å². The van der Waals surface area contributed by atoms with E-state index >= 15 is 0 Å². The van der Waals surface area contributed by atoms with Gasteiger partial charge in [0, 0.05) is 12.6 Å². The molecule has 3 aromatic rings. The SMILES string of the molecule is COc1cccc(CN(C(=O)CN(c2ccccc2OC)S(=O)(=O)c2ccc(C)cc2)[C@@H](C)C(=O)NC2CCCCC2)c1. The molecule has 4 rings (SSSR count). The van der Waals surface area contributed by atoms with Crippen LogP contribution in [0.2, 0.25) is 0 Å². The highest BCUT2D eigenvalue weighted by Gasteiger charge is 2.34. The van der Waals surface area contributed by atoms with Gasteiger partial charge in [-0.1, -0.05) is 61.2 Å². The number of nitrogens with one attached hydrogen (secondary N) is 1.